The normalized spacial score (nSPS) is 13.8. The highest BCUT2D eigenvalue weighted by atomic mass is 19.1. The van der Waals surface area contributed by atoms with Crippen LogP contribution in [0.4, 0.5) is 4.39 Å². The molecule has 22 heavy (non-hydrogen) atoms. The van der Waals surface area contributed by atoms with Gasteiger partial charge in [0.2, 0.25) is 0 Å². The maximum atomic E-state index is 12.6. The topological polar surface area (TPSA) is 58.3 Å². The van der Waals surface area contributed by atoms with E-state index in [1.807, 2.05) is 48.5 Å². The van der Waals surface area contributed by atoms with Crippen LogP contribution in [-0.4, -0.2) is 23.8 Å². The molecule has 2 rings (SSSR count). The number of nitrogens with one attached hydrogen (secondary N) is 1. The van der Waals surface area contributed by atoms with Crippen molar-refractivity contribution in [2.75, 3.05) is 6.54 Å². The van der Waals surface area contributed by atoms with E-state index in [9.17, 15) is 9.50 Å². The predicted molar refractivity (Wildman–Crippen MR) is 87.1 cm³/mol. The molecule has 0 radical (unpaired) electrons. The van der Waals surface area contributed by atoms with Crippen molar-refractivity contribution in [1.82, 2.24) is 5.32 Å². The zero-order chi connectivity index (χ0) is 15.8. The summed E-state index contributed by atoms with van der Waals surface area (Å²) in [6.07, 6.45) is 0.0191. The first kappa shape index (κ1) is 16.6. The fourth-order valence-electron chi connectivity index (χ4n) is 2.36. The summed E-state index contributed by atoms with van der Waals surface area (Å²) in [4.78, 5) is 0. The molecule has 0 amide bonds. The van der Waals surface area contributed by atoms with Crippen LogP contribution in [0.3, 0.4) is 0 Å². The third kappa shape index (κ3) is 5.22. The monoisotopic (exact) mass is 302 g/mol. The number of hydrogen-bond donors (Lipinski definition) is 3. The Bertz CT molecular complexity index is 562. The molecule has 0 aliphatic carbocycles. The lowest BCUT2D eigenvalue weighted by atomic mass is 10.0. The van der Waals surface area contributed by atoms with Crippen LogP contribution < -0.4 is 11.1 Å². The van der Waals surface area contributed by atoms with Gasteiger partial charge in [-0.1, -0.05) is 54.6 Å². The molecule has 118 valence electrons. The third-order valence-electron chi connectivity index (χ3n) is 3.64. The Morgan fingerprint density at radius 3 is 2.41 bits per heavy atom. The van der Waals surface area contributed by atoms with Crippen LogP contribution in [0.5, 0.6) is 0 Å². The minimum Gasteiger partial charge on any atom is -0.390 e. The van der Waals surface area contributed by atoms with Crippen molar-refractivity contribution in [2.45, 2.75) is 31.8 Å². The van der Waals surface area contributed by atoms with Gasteiger partial charge >= 0.3 is 0 Å². The van der Waals surface area contributed by atoms with Crippen molar-refractivity contribution in [2.24, 2.45) is 5.73 Å². The fraction of sp³-hybridized carbons (Fsp3) is 0.333. The number of alkyl halides is 1. The van der Waals surface area contributed by atoms with Gasteiger partial charge in [-0.3, -0.25) is 0 Å². The van der Waals surface area contributed by atoms with Crippen molar-refractivity contribution in [3.05, 3.63) is 71.3 Å². The first-order valence-corrected chi connectivity index (χ1v) is 7.51. The van der Waals surface area contributed by atoms with Gasteiger partial charge in [-0.15, -0.1) is 0 Å². The molecule has 4 N–H and O–H groups in total. The van der Waals surface area contributed by atoms with Gasteiger partial charge < -0.3 is 16.2 Å². The standard InChI is InChI=1S/C18H23FN2O/c19-11-15-7-4-8-16(9-15)12-21-13-18(22)17(20)10-14-5-2-1-3-6-14/h1-9,17-18,21-22H,10-13,20H2/t17-,18+/m0/s1. The highest BCUT2D eigenvalue weighted by Gasteiger charge is 2.14. The Balaban J connectivity index is 1.76. The average molecular weight is 302 g/mol. The molecule has 3 nitrogen and oxygen atoms in total. The van der Waals surface area contributed by atoms with E-state index < -0.39 is 12.8 Å². The zero-order valence-corrected chi connectivity index (χ0v) is 12.6. The number of aliphatic hydroxyl groups is 1. The predicted octanol–water partition coefficient (Wildman–Crippen LogP) is 2.18. The van der Waals surface area contributed by atoms with E-state index in [4.69, 9.17) is 5.73 Å². The molecule has 0 saturated carbocycles. The van der Waals surface area contributed by atoms with Crippen LogP contribution in [0.15, 0.2) is 54.6 Å². The Morgan fingerprint density at radius 2 is 1.68 bits per heavy atom. The Morgan fingerprint density at radius 1 is 1.00 bits per heavy atom. The molecule has 0 spiro atoms. The molecular weight excluding hydrogens is 279 g/mol. The minimum atomic E-state index is -0.621. The van der Waals surface area contributed by atoms with Crippen molar-refractivity contribution in [1.29, 1.82) is 0 Å². The molecule has 0 bridgehead atoms. The van der Waals surface area contributed by atoms with Gasteiger partial charge in [-0.05, 0) is 23.1 Å². The maximum absolute atomic E-state index is 12.6. The van der Waals surface area contributed by atoms with E-state index in [0.29, 0.717) is 25.1 Å². The van der Waals surface area contributed by atoms with Gasteiger partial charge in [0.15, 0.2) is 0 Å². The first-order chi connectivity index (χ1) is 10.7. The summed E-state index contributed by atoms with van der Waals surface area (Å²) in [6.45, 7) is 0.537. The largest absolute Gasteiger partial charge is 0.390 e. The third-order valence-corrected chi connectivity index (χ3v) is 3.64. The SMILES string of the molecule is N[C@@H](Cc1ccccc1)[C@H](O)CNCc1cccc(CF)c1. The summed E-state index contributed by atoms with van der Waals surface area (Å²) in [6, 6.07) is 16.9. The highest BCUT2D eigenvalue weighted by molar-refractivity contribution is 5.22. The van der Waals surface area contributed by atoms with E-state index in [-0.39, 0.29) is 6.04 Å². The second-order valence-corrected chi connectivity index (χ2v) is 5.51. The summed E-state index contributed by atoms with van der Waals surface area (Å²) in [5.74, 6) is 0. The number of aliphatic hydroxyl groups excluding tert-OH is 1. The average Bonchev–Trinajstić information content (AvgIpc) is 2.56. The van der Waals surface area contributed by atoms with E-state index in [0.717, 1.165) is 11.1 Å². The number of nitrogens with two attached hydrogens (primary N) is 1. The lowest BCUT2D eigenvalue weighted by Gasteiger charge is -2.19. The zero-order valence-electron chi connectivity index (χ0n) is 12.6. The van der Waals surface area contributed by atoms with Crippen LogP contribution in [0, 0.1) is 0 Å². The smallest absolute Gasteiger partial charge is 0.115 e. The van der Waals surface area contributed by atoms with Gasteiger partial charge in [0.1, 0.15) is 6.67 Å². The van der Waals surface area contributed by atoms with E-state index in [2.05, 4.69) is 5.32 Å². The molecule has 2 atom stereocenters. The summed E-state index contributed by atoms with van der Waals surface area (Å²) in [5, 5.41) is 13.3. The van der Waals surface area contributed by atoms with Crippen molar-refractivity contribution >= 4 is 0 Å². The van der Waals surface area contributed by atoms with Gasteiger partial charge in [-0.25, -0.2) is 4.39 Å². The Kier molecular flexibility index (Phi) is 6.52. The lowest BCUT2D eigenvalue weighted by molar-refractivity contribution is 0.141. The molecule has 0 aliphatic rings. The van der Waals surface area contributed by atoms with Gasteiger partial charge in [0, 0.05) is 19.1 Å². The molecule has 0 aromatic heterocycles. The van der Waals surface area contributed by atoms with Crippen LogP contribution in [0.2, 0.25) is 0 Å². The quantitative estimate of drug-likeness (QED) is 0.700. The number of halogens is 1. The number of benzene rings is 2. The molecule has 2 aromatic carbocycles. The summed E-state index contributed by atoms with van der Waals surface area (Å²) >= 11 is 0. The minimum absolute atomic E-state index is 0.313. The Hall–Kier alpha value is -1.75. The fourth-order valence-corrected chi connectivity index (χ4v) is 2.36. The van der Waals surface area contributed by atoms with Crippen molar-refractivity contribution in [3.8, 4) is 0 Å². The molecule has 2 aromatic rings. The second kappa shape index (κ2) is 8.63. The molecule has 0 saturated heterocycles. The van der Waals surface area contributed by atoms with Gasteiger partial charge in [-0.2, -0.15) is 0 Å². The first-order valence-electron chi connectivity index (χ1n) is 7.51. The molecule has 0 fully saturated rings. The number of hydrogen-bond acceptors (Lipinski definition) is 3. The van der Waals surface area contributed by atoms with Crippen LogP contribution in [0.25, 0.3) is 0 Å². The van der Waals surface area contributed by atoms with Crippen LogP contribution in [0.1, 0.15) is 16.7 Å². The molecule has 0 unspecified atom stereocenters. The molecule has 0 heterocycles. The summed E-state index contributed by atoms with van der Waals surface area (Å²) in [5.41, 5.74) is 8.82. The molecule has 4 heteroatoms. The summed E-state index contributed by atoms with van der Waals surface area (Å²) in [7, 11) is 0. The van der Waals surface area contributed by atoms with Crippen LogP contribution in [-0.2, 0) is 19.6 Å². The highest BCUT2D eigenvalue weighted by Crippen LogP contribution is 2.07. The summed E-state index contributed by atoms with van der Waals surface area (Å²) < 4.78 is 12.6. The van der Waals surface area contributed by atoms with E-state index in [1.54, 1.807) is 6.07 Å². The second-order valence-electron chi connectivity index (χ2n) is 5.51. The molecular formula is C18H23FN2O. The van der Waals surface area contributed by atoms with E-state index >= 15 is 0 Å². The van der Waals surface area contributed by atoms with E-state index in [1.165, 1.54) is 0 Å². The molecule has 0 aliphatic heterocycles. The lowest BCUT2D eigenvalue weighted by Crippen LogP contribution is -2.42. The van der Waals surface area contributed by atoms with Crippen molar-refractivity contribution in [3.63, 3.8) is 0 Å². The van der Waals surface area contributed by atoms with Crippen molar-refractivity contribution < 1.29 is 9.50 Å². The maximum Gasteiger partial charge on any atom is 0.115 e. The number of rotatable bonds is 8. The Labute approximate surface area is 131 Å². The van der Waals surface area contributed by atoms with Gasteiger partial charge in [0.05, 0.1) is 6.10 Å². The van der Waals surface area contributed by atoms with Gasteiger partial charge in [0.25, 0.3) is 0 Å². The van der Waals surface area contributed by atoms with Crippen LogP contribution >= 0.6 is 0 Å².